The zero-order valence-electron chi connectivity index (χ0n) is 9.43. The third kappa shape index (κ3) is 2.87. The summed E-state index contributed by atoms with van der Waals surface area (Å²) in [6.07, 6.45) is 2.99. The predicted octanol–water partition coefficient (Wildman–Crippen LogP) is 3.15. The van der Waals surface area contributed by atoms with Crippen LogP contribution in [0.5, 0.6) is 0 Å². The third-order valence-corrected chi connectivity index (χ3v) is 4.02. The van der Waals surface area contributed by atoms with Gasteiger partial charge >= 0.3 is 0 Å². The van der Waals surface area contributed by atoms with E-state index in [0.29, 0.717) is 6.04 Å². The number of thiazole rings is 2. The van der Waals surface area contributed by atoms with E-state index in [1.807, 2.05) is 11.7 Å². The van der Waals surface area contributed by atoms with Crippen LogP contribution >= 0.6 is 22.7 Å². The molecule has 0 fully saturated rings. The van der Waals surface area contributed by atoms with E-state index in [-0.39, 0.29) is 0 Å². The molecule has 0 aromatic carbocycles. The van der Waals surface area contributed by atoms with Gasteiger partial charge in [-0.05, 0) is 13.3 Å². The second-order valence-electron chi connectivity index (χ2n) is 3.63. The van der Waals surface area contributed by atoms with E-state index in [4.69, 9.17) is 0 Å². The number of aromatic nitrogens is 2. The molecule has 3 nitrogen and oxygen atoms in total. The van der Waals surface area contributed by atoms with E-state index in [0.717, 1.165) is 18.7 Å². The second-order valence-corrected chi connectivity index (χ2v) is 5.62. The van der Waals surface area contributed by atoms with Gasteiger partial charge in [0.25, 0.3) is 0 Å². The fourth-order valence-corrected chi connectivity index (χ4v) is 2.98. The Morgan fingerprint density at radius 2 is 2.31 bits per heavy atom. The second kappa shape index (κ2) is 5.52. The first-order valence-electron chi connectivity index (χ1n) is 5.32. The highest BCUT2D eigenvalue weighted by molar-refractivity contribution is 7.11. The summed E-state index contributed by atoms with van der Waals surface area (Å²) in [4.78, 5) is 9.95. The summed E-state index contributed by atoms with van der Waals surface area (Å²) >= 11 is 3.40. The highest BCUT2D eigenvalue weighted by Crippen LogP contribution is 2.22. The molecule has 0 aliphatic heterocycles. The number of nitrogens with one attached hydrogen (secondary N) is 1. The smallest absolute Gasteiger partial charge is 0.110 e. The first kappa shape index (κ1) is 11.7. The zero-order chi connectivity index (χ0) is 11.4. The van der Waals surface area contributed by atoms with Gasteiger partial charge < -0.3 is 5.32 Å². The molecule has 16 heavy (non-hydrogen) atoms. The van der Waals surface area contributed by atoms with Crippen LogP contribution in [0.4, 0.5) is 0 Å². The van der Waals surface area contributed by atoms with Gasteiger partial charge in [-0.15, -0.1) is 22.7 Å². The molecular weight excluding hydrogens is 238 g/mol. The van der Waals surface area contributed by atoms with E-state index in [9.17, 15) is 0 Å². The molecule has 0 radical (unpaired) electrons. The van der Waals surface area contributed by atoms with Crippen LogP contribution in [0.25, 0.3) is 0 Å². The van der Waals surface area contributed by atoms with E-state index >= 15 is 0 Å². The summed E-state index contributed by atoms with van der Waals surface area (Å²) < 4.78 is 0. The number of hydrogen-bond acceptors (Lipinski definition) is 5. The molecule has 0 amide bonds. The van der Waals surface area contributed by atoms with Gasteiger partial charge in [0.1, 0.15) is 5.01 Å². The number of aryl methyl sites for hydroxylation is 1. The molecule has 2 heterocycles. The average molecular weight is 253 g/mol. The summed E-state index contributed by atoms with van der Waals surface area (Å²) in [6, 6.07) is 0.348. The third-order valence-electron chi connectivity index (χ3n) is 2.36. The fraction of sp³-hybridized carbons (Fsp3) is 0.455. The van der Waals surface area contributed by atoms with Crippen molar-refractivity contribution in [2.75, 3.05) is 0 Å². The van der Waals surface area contributed by atoms with E-state index in [2.05, 4.69) is 34.5 Å². The molecule has 0 spiro atoms. The summed E-state index contributed by atoms with van der Waals surface area (Å²) in [5, 5.41) is 6.75. The number of hydrogen-bond donors (Lipinski definition) is 1. The van der Waals surface area contributed by atoms with Crippen molar-refractivity contribution in [1.82, 2.24) is 15.3 Å². The summed E-state index contributed by atoms with van der Waals surface area (Å²) in [7, 11) is 0. The maximum Gasteiger partial charge on any atom is 0.110 e. The van der Waals surface area contributed by atoms with Crippen LogP contribution in [0.15, 0.2) is 17.1 Å². The molecule has 86 valence electrons. The Hall–Kier alpha value is -0.780. The molecular formula is C11H15N3S2. The highest BCUT2D eigenvalue weighted by atomic mass is 32.1. The Kier molecular flexibility index (Phi) is 4.04. The maximum absolute atomic E-state index is 4.43. The lowest BCUT2D eigenvalue weighted by Crippen LogP contribution is -2.20. The lowest BCUT2D eigenvalue weighted by molar-refractivity contribution is 0.513. The van der Waals surface area contributed by atoms with Crippen LogP contribution in [-0.4, -0.2) is 9.97 Å². The molecule has 1 atom stereocenters. The van der Waals surface area contributed by atoms with Crippen molar-refractivity contribution in [3.05, 3.63) is 32.7 Å². The van der Waals surface area contributed by atoms with Gasteiger partial charge in [-0.2, -0.15) is 0 Å². The molecule has 0 saturated carbocycles. The molecule has 0 bridgehead atoms. The highest BCUT2D eigenvalue weighted by Gasteiger charge is 2.12. The molecule has 2 aromatic heterocycles. The minimum atomic E-state index is 0.348. The van der Waals surface area contributed by atoms with Crippen molar-refractivity contribution in [3.63, 3.8) is 0 Å². The Morgan fingerprint density at radius 1 is 1.44 bits per heavy atom. The van der Waals surface area contributed by atoms with Crippen molar-refractivity contribution >= 4 is 22.7 Å². The Balaban J connectivity index is 1.96. The number of rotatable bonds is 5. The largest absolute Gasteiger partial charge is 0.302 e. The lowest BCUT2D eigenvalue weighted by atomic mass is 10.2. The molecule has 2 rings (SSSR count). The standard InChI is InChI=1S/C11H15N3S2/c1-3-10(11-13-4-8(2)16-11)12-5-9-6-15-7-14-9/h4,6-7,10,12H,3,5H2,1-2H3. The minimum absolute atomic E-state index is 0.348. The zero-order valence-corrected chi connectivity index (χ0v) is 11.1. The summed E-state index contributed by atoms with van der Waals surface area (Å²) in [5.74, 6) is 0. The molecule has 0 aliphatic carbocycles. The first-order valence-corrected chi connectivity index (χ1v) is 7.08. The quantitative estimate of drug-likeness (QED) is 0.889. The van der Waals surface area contributed by atoms with Crippen LogP contribution in [-0.2, 0) is 6.54 Å². The van der Waals surface area contributed by atoms with Gasteiger partial charge in [0.2, 0.25) is 0 Å². The lowest BCUT2D eigenvalue weighted by Gasteiger charge is -2.13. The molecule has 5 heteroatoms. The molecule has 0 aliphatic rings. The Bertz CT molecular complexity index is 422. The van der Waals surface area contributed by atoms with Gasteiger partial charge in [-0.3, -0.25) is 0 Å². The molecule has 0 saturated heterocycles. The van der Waals surface area contributed by atoms with Crippen molar-refractivity contribution in [2.45, 2.75) is 32.9 Å². The average Bonchev–Trinajstić information content (AvgIpc) is 2.91. The molecule has 2 aromatic rings. The van der Waals surface area contributed by atoms with Crippen LogP contribution in [0, 0.1) is 6.92 Å². The monoisotopic (exact) mass is 253 g/mol. The molecule has 1 N–H and O–H groups in total. The van der Waals surface area contributed by atoms with Crippen molar-refractivity contribution in [2.24, 2.45) is 0 Å². The number of nitrogens with zero attached hydrogens (tertiary/aromatic N) is 2. The van der Waals surface area contributed by atoms with Gasteiger partial charge in [-0.25, -0.2) is 9.97 Å². The predicted molar refractivity (Wildman–Crippen MR) is 68.8 cm³/mol. The first-order chi connectivity index (χ1) is 7.79. The maximum atomic E-state index is 4.43. The van der Waals surface area contributed by atoms with E-state index in [1.165, 1.54) is 9.88 Å². The van der Waals surface area contributed by atoms with Crippen LogP contribution in [0.3, 0.4) is 0 Å². The van der Waals surface area contributed by atoms with Crippen molar-refractivity contribution in [1.29, 1.82) is 0 Å². The van der Waals surface area contributed by atoms with Gasteiger partial charge in [0.05, 0.1) is 17.2 Å². The summed E-state index contributed by atoms with van der Waals surface area (Å²) in [5.41, 5.74) is 2.97. The van der Waals surface area contributed by atoms with Gasteiger partial charge in [0.15, 0.2) is 0 Å². The van der Waals surface area contributed by atoms with E-state index in [1.54, 1.807) is 22.7 Å². The fourth-order valence-electron chi connectivity index (χ4n) is 1.49. The van der Waals surface area contributed by atoms with Crippen LogP contribution in [0.1, 0.15) is 35.0 Å². The van der Waals surface area contributed by atoms with Crippen molar-refractivity contribution in [3.8, 4) is 0 Å². The van der Waals surface area contributed by atoms with E-state index < -0.39 is 0 Å². The van der Waals surface area contributed by atoms with Crippen LogP contribution < -0.4 is 5.32 Å². The Morgan fingerprint density at radius 3 is 2.88 bits per heavy atom. The van der Waals surface area contributed by atoms with Crippen molar-refractivity contribution < 1.29 is 0 Å². The normalized spacial score (nSPS) is 12.9. The topological polar surface area (TPSA) is 37.8 Å². The SMILES string of the molecule is CCC(NCc1cscn1)c1ncc(C)s1. The molecule has 1 unspecified atom stereocenters. The summed E-state index contributed by atoms with van der Waals surface area (Å²) in [6.45, 7) is 5.09. The van der Waals surface area contributed by atoms with Gasteiger partial charge in [-0.1, -0.05) is 6.92 Å². The minimum Gasteiger partial charge on any atom is -0.302 e. The Labute approximate surface area is 104 Å². The van der Waals surface area contributed by atoms with Crippen LogP contribution in [0.2, 0.25) is 0 Å². The van der Waals surface area contributed by atoms with Gasteiger partial charge in [0, 0.05) is 23.0 Å².